The zero-order valence-electron chi connectivity index (χ0n) is 16.9. The molecule has 3 rings (SSSR count). The van der Waals surface area contributed by atoms with Crippen LogP contribution in [0.1, 0.15) is 53.4 Å². The molecule has 0 N–H and O–H groups in total. The van der Waals surface area contributed by atoms with Gasteiger partial charge < -0.3 is 4.90 Å². The molecule has 6 nitrogen and oxygen atoms in total. The Morgan fingerprint density at radius 3 is 2.52 bits per heavy atom. The van der Waals surface area contributed by atoms with Gasteiger partial charge in [-0.3, -0.25) is 9.10 Å². The van der Waals surface area contributed by atoms with Crippen molar-refractivity contribution in [3.63, 3.8) is 0 Å². The van der Waals surface area contributed by atoms with Crippen LogP contribution < -0.4 is 4.31 Å². The van der Waals surface area contributed by atoms with E-state index in [1.165, 1.54) is 10.6 Å². The molecule has 0 aromatic heterocycles. The Morgan fingerprint density at radius 1 is 1.24 bits per heavy atom. The maximum Gasteiger partial charge on any atom is 0.254 e. The molecule has 0 aliphatic carbocycles. The number of nitrogens with zero attached hydrogens (tertiary/aromatic N) is 3. The highest BCUT2D eigenvalue weighted by molar-refractivity contribution is 7.92. The number of sulfonamides is 1. The van der Waals surface area contributed by atoms with E-state index in [-0.39, 0.29) is 11.9 Å². The number of fused-ring (bicyclic) bond motifs is 1. The van der Waals surface area contributed by atoms with E-state index in [9.17, 15) is 13.2 Å². The summed E-state index contributed by atoms with van der Waals surface area (Å²) in [6.45, 7) is 4.90. The number of aryl methyl sites for hydroxylation is 1. The Bertz CT molecular complexity index is 1060. The van der Waals surface area contributed by atoms with Crippen molar-refractivity contribution >= 4 is 21.6 Å². The van der Waals surface area contributed by atoms with Crippen LogP contribution in [0.2, 0.25) is 0 Å². The number of benzene rings is 2. The standard InChI is InChI=1S/C22H25N3O3S/c1-4-24(16(2)18-9-7-17(15-23)8-10-18)22(26)20-11-12-21-19(14-20)6-5-13-25(21)29(3,27)28/h7-12,14,16H,4-6,13H2,1-3H3. The molecule has 1 amide bonds. The Hall–Kier alpha value is -2.85. The summed E-state index contributed by atoms with van der Waals surface area (Å²) in [4.78, 5) is 15.0. The number of hydrogen-bond donors (Lipinski definition) is 0. The van der Waals surface area contributed by atoms with Gasteiger partial charge in [-0.15, -0.1) is 0 Å². The summed E-state index contributed by atoms with van der Waals surface area (Å²) in [5, 5.41) is 8.97. The van der Waals surface area contributed by atoms with E-state index in [1.54, 1.807) is 29.2 Å². The predicted molar refractivity (Wildman–Crippen MR) is 113 cm³/mol. The summed E-state index contributed by atoms with van der Waals surface area (Å²) < 4.78 is 25.5. The molecule has 1 aliphatic heterocycles. The zero-order chi connectivity index (χ0) is 21.2. The van der Waals surface area contributed by atoms with Gasteiger partial charge in [-0.05, 0) is 68.1 Å². The molecule has 0 spiro atoms. The summed E-state index contributed by atoms with van der Waals surface area (Å²) in [5.74, 6) is -0.0939. The minimum Gasteiger partial charge on any atom is -0.332 e. The van der Waals surface area contributed by atoms with E-state index >= 15 is 0 Å². The third-order valence-electron chi connectivity index (χ3n) is 5.39. The molecule has 1 unspecified atom stereocenters. The smallest absolute Gasteiger partial charge is 0.254 e. The number of rotatable bonds is 5. The van der Waals surface area contributed by atoms with Crippen molar-refractivity contribution in [2.24, 2.45) is 0 Å². The molecule has 1 atom stereocenters. The third-order valence-corrected chi connectivity index (χ3v) is 6.57. The number of nitriles is 1. The molecule has 0 saturated heterocycles. The van der Waals surface area contributed by atoms with Gasteiger partial charge in [-0.2, -0.15) is 5.26 Å². The fourth-order valence-electron chi connectivity index (χ4n) is 3.82. The molecular weight excluding hydrogens is 386 g/mol. The normalized spacial score (nSPS) is 14.6. The van der Waals surface area contributed by atoms with Crippen LogP contribution in [0, 0.1) is 11.3 Å². The quantitative estimate of drug-likeness (QED) is 0.754. The van der Waals surface area contributed by atoms with Crippen molar-refractivity contribution in [1.29, 1.82) is 5.26 Å². The Kier molecular flexibility index (Phi) is 5.94. The van der Waals surface area contributed by atoms with Crippen LogP contribution in [0.25, 0.3) is 0 Å². The molecular formula is C22H25N3O3S. The number of hydrogen-bond acceptors (Lipinski definition) is 4. The van der Waals surface area contributed by atoms with Gasteiger partial charge in [-0.25, -0.2) is 8.42 Å². The summed E-state index contributed by atoms with van der Waals surface area (Å²) in [7, 11) is -3.33. The third kappa shape index (κ3) is 4.28. The largest absolute Gasteiger partial charge is 0.332 e. The Labute approximate surface area is 172 Å². The van der Waals surface area contributed by atoms with Crippen LogP contribution in [0.5, 0.6) is 0 Å². The topological polar surface area (TPSA) is 81.5 Å². The van der Waals surface area contributed by atoms with Crippen molar-refractivity contribution in [1.82, 2.24) is 4.90 Å². The lowest BCUT2D eigenvalue weighted by Crippen LogP contribution is -2.35. The van der Waals surface area contributed by atoms with Gasteiger partial charge in [0.1, 0.15) is 0 Å². The van der Waals surface area contributed by atoms with E-state index in [2.05, 4.69) is 6.07 Å². The second-order valence-corrected chi connectivity index (χ2v) is 9.19. The van der Waals surface area contributed by atoms with Crippen LogP contribution in [0.4, 0.5) is 5.69 Å². The second kappa shape index (κ2) is 8.26. The minimum absolute atomic E-state index is 0.0939. The molecule has 0 radical (unpaired) electrons. The van der Waals surface area contributed by atoms with Gasteiger partial charge in [0.2, 0.25) is 10.0 Å². The molecule has 0 saturated carbocycles. The summed E-state index contributed by atoms with van der Waals surface area (Å²) in [5.41, 5.74) is 3.65. The molecule has 1 aliphatic rings. The van der Waals surface area contributed by atoms with Gasteiger partial charge in [0.15, 0.2) is 0 Å². The van der Waals surface area contributed by atoms with Crippen LogP contribution in [-0.2, 0) is 16.4 Å². The monoisotopic (exact) mass is 411 g/mol. The van der Waals surface area contributed by atoms with Gasteiger partial charge in [0, 0.05) is 18.7 Å². The van der Waals surface area contributed by atoms with Crippen molar-refractivity contribution in [2.45, 2.75) is 32.7 Å². The Balaban J connectivity index is 1.89. The van der Waals surface area contributed by atoms with Crippen LogP contribution in [0.15, 0.2) is 42.5 Å². The molecule has 7 heteroatoms. The van der Waals surface area contributed by atoms with Crippen LogP contribution >= 0.6 is 0 Å². The second-order valence-electron chi connectivity index (χ2n) is 7.28. The number of carbonyl (C=O) groups is 1. The van der Waals surface area contributed by atoms with Crippen LogP contribution in [-0.4, -0.2) is 38.6 Å². The van der Waals surface area contributed by atoms with Crippen molar-refractivity contribution < 1.29 is 13.2 Å². The maximum absolute atomic E-state index is 13.2. The molecule has 2 aromatic carbocycles. The predicted octanol–water partition coefficient (Wildman–Crippen LogP) is 3.49. The number of amides is 1. The maximum atomic E-state index is 13.2. The van der Waals surface area contributed by atoms with E-state index in [0.29, 0.717) is 29.9 Å². The average Bonchev–Trinajstić information content (AvgIpc) is 2.72. The van der Waals surface area contributed by atoms with Gasteiger partial charge in [-0.1, -0.05) is 12.1 Å². The fraction of sp³-hybridized carbons (Fsp3) is 0.364. The Morgan fingerprint density at radius 2 is 1.93 bits per heavy atom. The van der Waals surface area contributed by atoms with Crippen LogP contribution in [0.3, 0.4) is 0 Å². The molecule has 0 bridgehead atoms. The van der Waals surface area contributed by atoms with E-state index < -0.39 is 10.0 Å². The van der Waals surface area contributed by atoms with E-state index in [1.807, 2.05) is 32.0 Å². The zero-order valence-corrected chi connectivity index (χ0v) is 17.7. The lowest BCUT2D eigenvalue weighted by molar-refractivity contribution is 0.0702. The molecule has 152 valence electrons. The lowest BCUT2D eigenvalue weighted by atomic mass is 9.99. The molecule has 29 heavy (non-hydrogen) atoms. The lowest BCUT2D eigenvalue weighted by Gasteiger charge is -2.31. The van der Waals surface area contributed by atoms with Crippen molar-refractivity contribution in [2.75, 3.05) is 23.7 Å². The summed E-state index contributed by atoms with van der Waals surface area (Å²) in [6, 6.07) is 14.5. The highest BCUT2D eigenvalue weighted by Gasteiger charge is 2.26. The minimum atomic E-state index is -3.33. The first kappa shape index (κ1) is 20.9. The number of anilines is 1. The highest BCUT2D eigenvalue weighted by atomic mass is 32.2. The van der Waals surface area contributed by atoms with Gasteiger partial charge >= 0.3 is 0 Å². The average molecular weight is 412 g/mol. The fourth-order valence-corrected chi connectivity index (χ4v) is 4.81. The first-order valence-corrected chi connectivity index (χ1v) is 11.5. The number of carbonyl (C=O) groups excluding carboxylic acids is 1. The summed E-state index contributed by atoms with van der Waals surface area (Å²) in [6.07, 6.45) is 2.69. The summed E-state index contributed by atoms with van der Waals surface area (Å²) >= 11 is 0. The van der Waals surface area contributed by atoms with E-state index in [0.717, 1.165) is 24.0 Å². The first-order valence-electron chi connectivity index (χ1n) is 9.68. The van der Waals surface area contributed by atoms with Crippen molar-refractivity contribution in [3.8, 4) is 6.07 Å². The highest BCUT2D eigenvalue weighted by Crippen LogP contribution is 2.31. The molecule has 0 fully saturated rings. The van der Waals surface area contributed by atoms with Gasteiger partial charge in [0.25, 0.3) is 5.91 Å². The van der Waals surface area contributed by atoms with Crippen molar-refractivity contribution in [3.05, 3.63) is 64.7 Å². The molecule has 1 heterocycles. The molecule has 2 aromatic rings. The van der Waals surface area contributed by atoms with Gasteiger partial charge in [0.05, 0.1) is 29.6 Å². The first-order chi connectivity index (χ1) is 13.8. The SMILES string of the molecule is CCN(C(=O)c1ccc2c(c1)CCCN2S(C)(=O)=O)C(C)c1ccc(C#N)cc1. The van der Waals surface area contributed by atoms with E-state index in [4.69, 9.17) is 5.26 Å².